The van der Waals surface area contributed by atoms with Crippen LogP contribution in [0.3, 0.4) is 0 Å². The number of carbonyl (C=O) groups is 3. The van der Waals surface area contributed by atoms with Crippen LogP contribution in [0.25, 0.3) is 6.08 Å². The molecular weight excluding hydrogens is 507 g/mol. The second kappa shape index (κ2) is 10.9. The summed E-state index contributed by atoms with van der Waals surface area (Å²) in [5.74, 6) is -1.15. The minimum absolute atomic E-state index is 0.00810. The molecule has 12 heteroatoms. The first-order chi connectivity index (χ1) is 16.0. The van der Waals surface area contributed by atoms with Crippen LogP contribution in [0.5, 0.6) is 5.75 Å². The van der Waals surface area contributed by atoms with Gasteiger partial charge < -0.3 is 9.47 Å². The van der Waals surface area contributed by atoms with Gasteiger partial charge in [-0.15, -0.1) is 0 Å². The lowest BCUT2D eigenvalue weighted by atomic mass is 10.2. The molecule has 1 fully saturated rings. The number of hydrogen-bond acceptors (Lipinski definition) is 8. The highest BCUT2D eigenvalue weighted by Crippen LogP contribution is 2.38. The Morgan fingerprint density at radius 1 is 1.21 bits per heavy atom. The van der Waals surface area contributed by atoms with E-state index in [4.69, 9.17) is 32.7 Å². The summed E-state index contributed by atoms with van der Waals surface area (Å²) in [5.41, 5.74) is 0.920. The first kappa shape index (κ1) is 25.5. The number of hydrogen-bond donors (Lipinski definition) is 0. The summed E-state index contributed by atoms with van der Waals surface area (Å²) in [4.78, 5) is 47.9. The van der Waals surface area contributed by atoms with Crippen molar-refractivity contribution >= 4 is 63.8 Å². The highest BCUT2D eigenvalue weighted by atomic mass is 35.5. The van der Waals surface area contributed by atoms with Crippen molar-refractivity contribution < 1.29 is 28.8 Å². The molecule has 0 bridgehead atoms. The Balaban J connectivity index is 1.73. The standard InChI is InChI=1S/C22H18Cl2N2O7S/c1-12(2)33-19(27)10-25-21(28)18(34-22(25)29)9-14-7-16(23)20(17(24)8-14)32-11-13-4-3-5-15(6-13)26(30)31/h3-9,12H,10-11H2,1-2H3/b18-9+. The van der Waals surface area contributed by atoms with Gasteiger partial charge in [0.15, 0.2) is 5.75 Å². The highest BCUT2D eigenvalue weighted by Gasteiger charge is 2.36. The molecule has 2 aromatic rings. The summed E-state index contributed by atoms with van der Waals surface area (Å²) >= 11 is 13.3. The minimum atomic E-state index is -0.685. The van der Waals surface area contributed by atoms with Crippen LogP contribution in [0, 0.1) is 10.1 Å². The van der Waals surface area contributed by atoms with E-state index in [9.17, 15) is 24.5 Å². The number of thioether (sulfide) groups is 1. The Labute approximate surface area is 208 Å². The molecule has 2 aromatic carbocycles. The number of nitro benzene ring substituents is 1. The largest absolute Gasteiger partial charge is 0.486 e. The molecule has 0 aliphatic carbocycles. The molecule has 0 unspecified atom stereocenters. The molecular formula is C22H18Cl2N2O7S. The number of amides is 2. The smallest absolute Gasteiger partial charge is 0.326 e. The van der Waals surface area contributed by atoms with E-state index in [1.54, 1.807) is 26.0 Å². The summed E-state index contributed by atoms with van der Waals surface area (Å²) in [6, 6.07) is 8.94. The van der Waals surface area contributed by atoms with E-state index >= 15 is 0 Å². The first-order valence-corrected chi connectivity index (χ1v) is 11.4. The lowest BCUT2D eigenvalue weighted by Crippen LogP contribution is -2.35. The molecule has 2 amide bonds. The number of nitro groups is 1. The van der Waals surface area contributed by atoms with E-state index in [0.717, 1.165) is 4.90 Å². The lowest BCUT2D eigenvalue weighted by Gasteiger charge is -2.13. The quantitative estimate of drug-likeness (QED) is 0.193. The number of ether oxygens (including phenoxy) is 2. The number of carbonyl (C=O) groups excluding carboxylic acids is 3. The lowest BCUT2D eigenvalue weighted by molar-refractivity contribution is -0.384. The zero-order chi connectivity index (χ0) is 25.0. The third-order valence-corrected chi connectivity index (χ3v) is 5.82. The molecule has 1 aliphatic heterocycles. The van der Waals surface area contributed by atoms with Crippen LogP contribution in [0.4, 0.5) is 10.5 Å². The van der Waals surface area contributed by atoms with Crippen molar-refractivity contribution in [3.8, 4) is 5.75 Å². The molecule has 178 valence electrons. The molecule has 0 saturated carbocycles. The third kappa shape index (κ3) is 6.28. The summed E-state index contributed by atoms with van der Waals surface area (Å²) in [5, 5.41) is 10.6. The van der Waals surface area contributed by atoms with Gasteiger partial charge >= 0.3 is 5.97 Å². The van der Waals surface area contributed by atoms with Crippen molar-refractivity contribution in [3.63, 3.8) is 0 Å². The van der Waals surface area contributed by atoms with Crippen molar-refractivity contribution in [1.82, 2.24) is 4.90 Å². The Hall–Kier alpha value is -3.08. The van der Waals surface area contributed by atoms with Gasteiger partial charge in [-0.1, -0.05) is 35.3 Å². The van der Waals surface area contributed by atoms with Gasteiger partial charge in [0.2, 0.25) is 0 Å². The van der Waals surface area contributed by atoms with Gasteiger partial charge in [-0.2, -0.15) is 0 Å². The van der Waals surface area contributed by atoms with Gasteiger partial charge in [0.05, 0.1) is 26.0 Å². The van der Waals surface area contributed by atoms with Crippen molar-refractivity contribution in [2.75, 3.05) is 6.54 Å². The van der Waals surface area contributed by atoms with Crippen LogP contribution in [0.15, 0.2) is 41.3 Å². The zero-order valence-electron chi connectivity index (χ0n) is 17.9. The predicted octanol–water partition coefficient (Wildman–Crippen LogP) is 5.47. The van der Waals surface area contributed by atoms with Crippen LogP contribution in [-0.4, -0.2) is 39.6 Å². The van der Waals surface area contributed by atoms with Gasteiger partial charge in [-0.05, 0) is 54.9 Å². The predicted molar refractivity (Wildman–Crippen MR) is 128 cm³/mol. The van der Waals surface area contributed by atoms with E-state index in [1.165, 1.54) is 30.3 Å². The Bertz CT molecular complexity index is 1180. The van der Waals surface area contributed by atoms with Crippen molar-refractivity contribution in [1.29, 1.82) is 0 Å². The summed E-state index contributed by atoms with van der Waals surface area (Å²) in [6.07, 6.45) is 1.06. The summed E-state index contributed by atoms with van der Waals surface area (Å²) in [6.45, 7) is 2.84. The van der Waals surface area contributed by atoms with E-state index in [0.29, 0.717) is 22.9 Å². The number of nitrogens with zero attached hydrogens (tertiary/aromatic N) is 2. The summed E-state index contributed by atoms with van der Waals surface area (Å²) in [7, 11) is 0. The fourth-order valence-electron chi connectivity index (χ4n) is 2.93. The normalized spacial score (nSPS) is 14.7. The van der Waals surface area contributed by atoms with Gasteiger partial charge in [0.1, 0.15) is 13.2 Å². The SMILES string of the molecule is CC(C)OC(=O)CN1C(=O)S/C(=C/c2cc(Cl)c(OCc3cccc([N+](=O)[O-])c3)c(Cl)c2)C1=O. The Kier molecular flexibility index (Phi) is 8.19. The average Bonchev–Trinajstić information content (AvgIpc) is 3.00. The molecule has 0 N–H and O–H groups in total. The number of rotatable bonds is 8. The minimum Gasteiger partial charge on any atom is -0.486 e. The molecule has 9 nitrogen and oxygen atoms in total. The molecule has 0 aromatic heterocycles. The number of non-ortho nitro benzene ring substituents is 1. The second-order valence-electron chi connectivity index (χ2n) is 7.34. The monoisotopic (exact) mass is 524 g/mol. The van der Waals surface area contributed by atoms with Crippen molar-refractivity contribution in [3.05, 3.63) is 72.6 Å². The number of imide groups is 1. The highest BCUT2D eigenvalue weighted by molar-refractivity contribution is 8.18. The molecule has 3 rings (SSSR count). The Morgan fingerprint density at radius 3 is 2.50 bits per heavy atom. The fourth-order valence-corrected chi connectivity index (χ4v) is 4.38. The maximum Gasteiger partial charge on any atom is 0.326 e. The zero-order valence-corrected chi connectivity index (χ0v) is 20.3. The van der Waals surface area contributed by atoms with E-state index < -0.39 is 28.6 Å². The van der Waals surface area contributed by atoms with Crippen LogP contribution in [0.1, 0.15) is 25.0 Å². The number of benzene rings is 2. The van der Waals surface area contributed by atoms with Crippen molar-refractivity contribution in [2.24, 2.45) is 0 Å². The number of esters is 1. The molecule has 1 saturated heterocycles. The third-order valence-electron chi connectivity index (χ3n) is 4.35. The van der Waals surface area contributed by atoms with Gasteiger partial charge in [-0.25, -0.2) is 0 Å². The van der Waals surface area contributed by atoms with Crippen molar-refractivity contribution in [2.45, 2.75) is 26.6 Å². The molecule has 1 heterocycles. The van der Waals surface area contributed by atoms with Crippen LogP contribution >= 0.6 is 35.0 Å². The van der Waals surface area contributed by atoms with Crippen LogP contribution in [-0.2, 0) is 20.9 Å². The van der Waals surface area contributed by atoms with E-state index in [-0.39, 0.29) is 39.1 Å². The molecule has 0 radical (unpaired) electrons. The van der Waals surface area contributed by atoms with E-state index in [2.05, 4.69) is 0 Å². The van der Waals surface area contributed by atoms with Gasteiger partial charge in [0.25, 0.3) is 16.8 Å². The molecule has 0 atom stereocenters. The van der Waals surface area contributed by atoms with Crippen LogP contribution < -0.4 is 4.74 Å². The van der Waals surface area contributed by atoms with Gasteiger partial charge in [-0.3, -0.25) is 29.4 Å². The molecule has 34 heavy (non-hydrogen) atoms. The fraction of sp³-hybridized carbons (Fsp3) is 0.227. The molecule has 1 aliphatic rings. The maximum absolute atomic E-state index is 12.6. The van der Waals surface area contributed by atoms with E-state index in [1.807, 2.05) is 0 Å². The first-order valence-electron chi connectivity index (χ1n) is 9.85. The van der Waals surface area contributed by atoms with Crippen LogP contribution in [0.2, 0.25) is 10.0 Å². The summed E-state index contributed by atoms with van der Waals surface area (Å²) < 4.78 is 10.6. The average molecular weight is 525 g/mol. The van der Waals surface area contributed by atoms with Gasteiger partial charge in [0, 0.05) is 12.1 Å². The maximum atomic E-state index is 12.6. The molecule has 0 spiro atoms. The second-order valence-corrected chi connectivity index (χ2v) is 9.14. The number of halogens is 2. The topological polar surface area (TPSA) is 116 Å². The Morgan fingerprint density at radius 2 is 1.88 bits per heavy atom.